The summed E-state index contributed by atoms with van der Waals surface area (Å²) in [5.41, 5.74) is 9.70. The molecule has 1 saturated heterocycles. The number of carboxylic acid groups (broad SMARTS) is 1. The van der Waals surface area contributed by atoms with Crippen LogP contribution in [-0.4, -0.2) is 182 Å². The molecule has 91 heavy (non-hydrogen) atoms. The maximum atomic E-state index is 14.6. The Morgan fingerprint density at radius 2 is 1.36 bits per heavy atom. The van der Waals surface area contributed by atoms with E-state index in [1.54, 1.807) is 68.8 Å². The summed E-state index contributed by atoms with van der Waals surface area (Å²) in [5.74, 6) is -6.28. The summed E-state index contributed by atoms with van der Waals surface area (Å²) in [6.45, 7) is 19.2. The number of amides is 10. The van der Waals surface area contributed by atoms with Crippen molar-refractivity contribution >= 4 is 64.9 Å². The number of likely N-dealkylation sites (tertiary alicyclic amines) is 1. The van der Waals surface area contributed by atoms with E-state index in [4.69, 9.17) is 25.2 Å². The molecule has 10 N–H and O–H groups in total. The molecule has 0 radical (unpaired) electrons. The zero-order valence-corrected chi connectivity index (χ0v) is 56.4. The van der Waals surface area contributed by atoms with E-state index in [1.807, 2.05) is 90.9 Å². The molecule has 0 bridgehead atoms. The number of primary amides is 1. The number of urea groups is 1. The number of carbonyl (C=O) groups is 10. The van der Waals surface area contributed by atoms with E-state index >= 15 is 0 Å². The number of hydroxylamine groups is 1. The number of aliphatic carboxylic acids is 1. The van der Waals surface area contributed by atoms with Crippen molar-refractivity contribution in [2.24, 2.45) is 41.2 Å². The lowest BCUT2D eigenvalue weighted by Crippen LogP contribution is -2.59. The van der Waals surface area contributed by atoms with Gasteiger partial charge in [0, 0.05) is 64.8 Å². The molecule has 1 aliphatic rings. The lowest BCUT2D eigenvalue weighted by Gasteiger charge is -2.41. The summed E-state index contributed by atoms with van der Waals surface area (Å²) in [4.78, 5) is 144. The van der Waals surface area contributed by atoms with E-state index in [9.17, 15) is 47.9 Å². The first-order valence-electron chi connectivity index (χ1n) is 32.0. The van der Waals surface area contributed by atoms with Gasteiger partial charge in [0.25, 0.3) is 0 Å². The average molecular weight is 1280 g/mol. The predicted molar refractivity (Wildman–Crippen MR) is 346 cm³/mol. The highest BCUT2D eigenvalue weighted by atomic mass is 16.6. The van der Waals surface area contributed by atoms with Gasteiger partial charge in [0.05, 0.1) is 49.3 Å². The minimum absolute atomic E-state index is 0.00128. The number of rotatable bonds is 40. The van der Waals surface area contributed by atoms with Gasteiger partial charge in [-0.15, -0.1) is 0 Å². The van der Waals surface area contributed by atoms with Crippen molar-refractivity contribution in [2.75, 3.05) is 53.8 Å². The molecular weight excluding hydrogens is 1170 g/mol. The lowest BCUT2D eigenvalue weighted by atomic mass is 9.89. The third-order valence-corrected chi connectivity index (χ3v) is 17.0. The van der Waals surface area contributed by atoms with Gasteiger partial charge in [-0.3, -0.25) is 52.9 Å². The monoisotopic (exact) mass is 1280 g/mol. The summed E-state index contributed by atoms with van der Waals surface area (Å²) < 4.78 is 12.2. The minimum atomic E-state index is -1.09. The van der Waals surface area contributed by atoms with E-state index in [-0.39, 0.29) is 105 Å². The van der Waals surface area contributed by atoms with Gasteiger partial charge in [0.1, 0.15) is 18.1 Å². The molecule has 0 unspecified atom stereocenters. The Labute approximate surface area is 538 Å². The fraction of sp³-hybridized carbons (Fsp3) is 0.667. The van der Waals surface area contributed by atoms with Crippen LogP contribution in [-0.2, 0) is 70.5 Å². The number of nitrogens with one attached hydrogen (secondary N) is 7. The Balaban J connectivity index is 1.70. The summed E-state index contributed by atoms with van der Waals surface area (Å²) in [6.07, 6.45) is 1.29. The van der Waals surface area contributed by atoms with Crippen molar-refractivity contribution < 1.29 is 67.4 Å². The molecule has 0 aromatic heterocycles. The third-order valence-electron chi connectivity index (χ3n) is 17.0. The summed E-state index contributed by atoms with van der Waals surface area (Å²) in [5, 5.41) is 25.8. The van der Waals surface area contributed by atoms with Gasteiger partial charge >= 0.3 is 12.0 Å². The van der Waals surface area contributed by atoms with Crippen molar-refractivity contribution in [3.8, 4) is 0 Å². The highest BCUT2D eigenvalue weighted by Gasteiger charge is 2.44. The fourth-order valence-electron chi connectivity index (χ4n) is 11.8. The molecule has 0 aliphatic carbocycles. The minimum Gasteiger partial charge on any atom is -0.481 e. The predicted octanol–water partition coefficient (Wildman–Crippen LogP) is 4.90. The Hall–Kier alpha value is -7.22. The molecule has 3 rings (SSSR count). The van der Waals surface area contributed by atoms with E-state index in [0.29, 0.717) is 43.5 Å². The number of carboxylic acids is 1. The number of likely N-dealkylation sites (N-methyl/N-ethyl adjacent to an activating group) is 2. The zero-order chi connectivity index (χ0) is 68.2. The maximum Gasteiger partial charge on any atom is 0.312 e. The number of nitrogens with zero attached hydrogens (tertiary/aromatic N) is 3. The molecule has 2 aromatic carbocycles. The zero-order valence-electron chi connectivity index (χ0n) is 56.4. The van der Waals surface area contributed by atoms with Crippen LogP contribution in [0.5, 0.6) is 0 Å². The van der Waals surface area contributed by atoms with Crippen LogP contribution < -0.4 is 43.1 Å². The average Bonchev–Trinajstić information content (AvgIpc) is 1.95. The number of nitrogens with two attached hydrogens (primary N) is 1. The van der Waals surface area contributed by atoms with Crippen molar-refractivity contribution in [1.29, 1.82) is 0 Å². The molecule has 0 spiro atoms. The summed E-state index contributed by atoms with van der Waals surface area (Å²) in [6, 6.07) is 10.6. The van der Waals surface area contributed by atoms with Crippen LogP contribution in [0.2, 0.25) is 0 Å². The highest BCUT2D eigenvalue weighted by molar-refractivity contribution is 5.98. The van der Waals surface area contributed by atoms with Crippen LogP contribution in [0.4, 0.5) is 10.5 Å². The molecule has 12 atom stereocenters. The second kappa shape index (κ2) is 39.2. The van der Waals surface area contributed by atoms with Crippen LogP contribution in [0, 0.1) is 35.5 Å². The quantitative estimate of drug-likeness (QED) is 0.0316. The SMILES string of the molecule is CC[C@H](C)[C@@H]([C@@H](CC(=O)N1CCC[C@H]1[C@H](OC)[C@@H](C)C(=O)N[C@@H](Cc1ccccc1)C[C@H](C)C(=O)NOCc1ccc(NC(=O)[C@@H](CCCNC(N)=O)NC(=O)[C@H](NC(=O)CCCC(=O)O)C(C)C)cc1)OC)N(C)C(=O)[C@@H](NC(=O)[C@H](C(C)C)N(C)C)C(C)C. The molecular formula is C66H107N11O14. The van der Waals surface area contributed by atoms with Crippen molar-refractivity contribution in [1.82, 2.24) is 46.8 Å². The molecule has 2 aromatic rings. The first-order valence-corrected chi connectivity index (χ1v) is 32.0. The van der Waals surface area contributed by atoms with Crippen molar-refractivity contribution in [2.45, 2.75) is 201 Å². The number of ether oxygens (including phenoxy) is 2. The second-order valence-electron chi connectivity index (χ2n) is 25.5. The Morgan fingerprint density at radius 3 is 1.92 bits per heavy atom. The van der Waals surface area contributed by atoms with Crippen LogP contribution in [0.1, 0.15) is 145 Å². The molecule has 1 aliphatic heterocycles. The summed E-state index contributed by atoms with van der Waals surface area (Å²) in [7, 11) is 8.46. The number of anilines is 1. The number of methoxy groups -OCH3 is 2. The van der Waals surface area contributed by atoms with E-state index < -0.39 is 102 Å². The molecule has 0 saturated carbocycles. The summed E-state index contributed by atoms with van der Waals surface area (Å²) >= 11 is 0. The second-order valence-corrected chi connectivity index (χ2v) is 25.5. The molecule has 1 fully saturated rings. The molecule has 10 amide bonds. The van der Waals surface area contributed by atoms with E-state index in [1.165, 1.54) is 14.2 Å². The Morgan fingerprint density at radius 1 is 0.714 bits per heavy atom. The number of hydrogen-bond donors (Lipinski definition) is 9. The lowest BCUT2D eigenvalue weighted by molar-refractivity contribution is -0.148. The van der Waals surface area contributed by atoms with Crippen LogP contribution in [0.25, 0.3) is 0 Å². The highest BCUT2D eigenvalue weighted by Crippen LogP contribution is 2.30. The molecule has 25 nitrogen and oxygen atoms in total. The Bertz CT molecular complexity index is 2650. The van der Waals surface area contributed by atoms with Crippen LogP contribution in [0.15, 0.2) is 54.6 Å². The van der Waals surface area contributed by atoms with E-state index in [2.05, 4.69) is 37.4 Å². The smallest absolute Gasteiger partial charge is 0.312 e. The van der Waals surface area contributed by atoms with Crippen molar-refractivity contribution in [3.05, 3.63) is 65.7 Å². The first kappa shape index (κ1) is 78.0. The number of carbonyl (C=O) groups excluding carboxylic acids is 9. The van der Waals surface area contributed by atoms with Crippen molar-refractivity contribution in [3.63, 3.8) is 0 Å². The van der Waals surface area contributed by atoms with Crippen LogP contribution >= 0.6 is 0 Å². The molecule has 25 heteroatoms. The fourth-order valence-corrected chi connectivity index (χ4v) is 11.8. The van der Waals surface area contributed by atoms with Gasteiger partial charge in [-0.25, -0.2) is 10.3 Å². The van der Waals surface area contributed by atoms with Gasteiger partial charge in [-0.2, -0.15) is 0 Å². The first-order chi connectivity index (χ1) is 42.9. The van der Waals surface area contributed by atoms with E-state index in [0.717, 1.165) is 5.56 Å². The van der Waals surface area contributed by atoms with Gasteiger partial charge in [-0.05, 0) is 106 Å². The normalized spacial score (nSPS) is 16.9. The maximum absolute atomic E-state index is 14.6. The Kier molecular flexibility index (Phi) is 33.6. The van der Waals surface area contributed by atoms with Gasteiger partial charge in [0.15, 0.2) is 0 Å². The number of hydrogen-bond acceptors (Lipinski definition) is 14. The molecule has 1 heterocycles. The topological polar surface area (TPSA) is 339 Å². The standard InChI is InChI=1S/C66H107N11O14/c1-16-42(8)58(76(13)65(87)56(40(4)5)73-64(86)57(41(6)7)75(11)12)51(89-14)37-53(79)77-34-22-26-50(77)59(90-15)44(10)61(83)70-48(36-45-23-18-17-19-24-45)35-43(9)60(82)74-91-38-46-29-31-47(32-30-46)69-62(84)49(25-21-33-68-66(67)88)71-63(85)55(39(2)3)72-52(78)27-20-28-54(80)81/h17-19,23-24,29-32,39-44,48-51,55-59H,16,20-22,25-28,33-38H2,1-15H3,(H,69,84)(H,70,83)(H,71,85)(H,72,78)(H,73,86)(H,74,82)(H,80,81)(H3,67,68,88)/t42-,43-,44+,48+,49+,50-,51+,55+,56-,57-,58-,59+/m0/s1. The van der Waals surface area contributed by atoms with Gasteiger partial charge in [0.2, 0.25) is 47.3 Å². The van der Waals surface area contributed by atoms with Gasteiger partial charge < -0.3 is 62.0 Å². The molecule has 510 valence electrons. The van der Waals surface area contributed by atoms with Gasteiger partial charge in [-0.1, -0.05) is 118 Å². The number of benzene rings is 2. The van der Waals surface area contributed by atoms with Crippen LogP contribution in [0.3, 0.4) is 0 Å². The largest absolute Gasteiger partial charge is 0.481 e. The third kappa shape index (κ3) is 25.4.